The Bertz CT molecular complexity index is 1890. The van der Waals surface area contributed by atoms with Gasteiger partial charge in [0.15, 0.2) is 0 Å². The third kappa shape index (κ3) is 9.18. The number of carbonyl (C=O) groups is 2. The van der Waals surface area contributed by atoms with Crippen molar-refractivity contribution in [2.45, 2.75) is 68.2 Å². The fourth-order valence-electron chi connectivity index (χ4n) is 6.02. The molecule has 4 aromatic carbocycles. The van der Waals surface area contributed by atoms with Crippen LogP contribution in [-0.2, 0) is 38.8 Å². The molecule has 13 heteroatoms. The van der Waals surface area contributed by atoms with Crippen molar-refractivity contribution in [3.8, 4) is 0 Å². The maximum atomic E-state index is 14.7. The second-order valence-electron chi connectivity index (χ2n) is 12.2. The summed E-state index contributed by atoms with van der Waals surface area (Å²) in [5.41, 5.74) is -0.467. The van der Waals surface area contributed by atoms with E-state index in [0.29, 0.717) is 21.0 Å². The number of hydrogen-bond acceptors (Lipinski definition) is 4. The molecule has 1 N–H and O–H groups in total. The van der Waals surface area contributed by atoms with Gasteiger partial charge >= 0.3 is 6.18 Å². The summed E-state index contributed by atoms with van der Waals surface area (Å²) < 4.78 is 70.7. The quantitative estimate of drug-likeness (QED) is 0.158. The fourth-order valence-corrected chi connectivity index (χ4v) is 7.93. The molecule has 50 heavy (non-hydrogen) atoms. The van der Waals surface area contributed by atoms with Crippen LogP contribution in [-0.4, -0.2) is 43.8 Å². The zero-order valence-electron chi connectivity index (χ0n) is 27.0. The Morgan fingerprint density at radius 2 is 1.44 bits per heavy atom. The van der Waals surface area contributed by atoms with Crippen LogP contribution in [0.25, 0.3) is 0 Å². The normalized spacial score (nSPS) is 14.5. The van der Waals surface area contributed by atoms with E-state index in [0.717, 1.165) is 49.8 Å². The van der Waals surface area contributed by atoms with E-state index in [1.54, 1.807) is 42.5 Å². The number of benzene rings is 4. The first-order chi connectivity index (χ1) is 23.8. The average molecular weight is 747 g/mol. The Hall–Kier alpha value is -4.06. The van der Waals surface area contributed by atoms with E-state index in [1.165, 1.54) is 29.2 Å². The molecule has 0 radical (unpaired) electrons. The monoisotopic (exact) mass is 745 g/mol. The van der Waals surface area contributed by atoms with Crippen LogP contribution in [0, 0.1) is 0 Å². The zero-order valence-corrected chi connectivity index (χ0v) is 29.3. The molecule has 0 aromatic heterocycles. The highest BCUT2D eigenvalue weighted by atomic mass is 35.5. The third-order valence-electron chi connectivity index (χ3n) is 8.67. The van der Waals surface area contributed by atoms with Gasteiger partial charge in [0.25, 0.3) is 10.0 Å². The molecule has 1 saturated carbocycles. The van der Waals surface area contributed by atoms with Crippen molar-refractivity contribution in [1.82, 2.24) is 10.2 Å². The summed E-state index contributed by atoms with van der Waals surface area (Å²) in [6.07, 6.45) is -0.258. The highest BCUT2D eigenvalue weighted by Crippen LogP contribution is 2.37. The van der Waals surface area contributed by atoms with E-state index in [1.807, 2.05) is 18.2 Å². The highest BCUT2D eigenvalue weighted by Gasteiger charge is 2.38. The molecule has 1 fully saturated rings. The fraction of sp³-hybridized carbons (Fsp3) is 0.297. The van der Waals surface area contributed by atoms with Gasteiger partial charge in [0.2, 0.25) is 11.8 Å². The Labute approximate surface area is 300 Å². The second kappa shape index (κ2) is 16.3. The minimum Gasteiger partial charge on any atom is -0.352 e. The standard InChI is InChI=1S/C37H36Cl2F3N3O4S/c38-31-19-11-10-14-27(31)24-44(34(22-26-12-4-1-5-13-26)36(47)43-29-15-6-2-7-16-29)35(46)25-45(50(48,49)30-17-8-3-9-18-30)33-23-28(37(40,41)42)20-21-32(33)39/h1,3-5,8-14,17-21,23,29,34H,2,6-7,15-16,22,24-25H2,(H,43,47)/t34-/m1/s1. The first-order valence-corrected chi connectivity index (χ1v) is 18.4. The lowest BCUT2D eigenvalue weighted by Gasteiger charge is -2.35. The van der Waals surface area contributed by atoms with Gasteiger partial charge in [0, 0.05) is 24.0 Å². The number of hydrogen-bond donors (Lipinski definition) is 1. The molecular weight excluding hydrogens is 710 g/mol. The van der Waals surface area contributed by atoms with Crippen LogP contribution in [0.2, 0.25) is 10.0 Å². The molecule has 1 aliphatic rings. The van der Waals surface area contributed by atoms with Crippen molar-refractivity contribution in [3.63, 3.8) is 0 Å². The van der Waals surface area contributed by atoms with E-state index in [2.05, 4.69) is 5.32 Å². The van der Waals surface area contributed by atoms with Gasteiger partial charge in [-0.3, -0.25) is 13.9 Å². The summed E-state index contributed by atoms with van der Waals surface area (Å²) in [6.45, 7) is -1.16. The number of sulfonamides is 1. The molecule has 0 unspecified atom stereocenters. The third-order valence-corrected chi connectivity index (χ3v) is 11.1. The largest absolute Gasteiger partial charge is 0.416 e. The van der Waals surface area contributed by atoms with Gasteiger partial charge in [0.05, 0.1) is 21.2 Å². The first kappa shape index (κ1) is 37.2. The molecule has 4 aromatic rings. The number of carbonyl (C=O) groups excluding carboxylic acids is 2. The van der Waals surface area contributed by atoms with Crippen molar-refractivity contribution in [2.24, 2.45) is 0 Å². The summed E-state index contributed by atoms with van der Waals surface area (Å²) in [7, 11) is -4.67. The van der Waals surface area contributed by atoms with E-state index < -0.39 is 51.9 Å². The highest BCUT2D eigenvalue weighted by molar-refractivity contribution is 7.92. The minimum absolute atomic E-state index is 0.0747. The molecule has 5 rings (SSSR count). The molecular formula is C37H36Cl2F3N3O4S. The minimum atomic E-state index is -4.83. The molecule has 7 nitrogen and oxygen atoms in total. The Morgan fingerprint density at radius 3 is 2.08 bits per heavy atom. The van der Waals surface area contributed by atoms with Gasteiger partial charge in [-0.15, -0.1) is 0 Å². The number of amides is 2. The van der Waals surface area contributed by atoms with E-state index >= 15 is 0 Å². The van der Waals surface area contributed by atoms with Crippen LogP contribution in [0.5, 0.6) is 0 Å². The van der Waals surface area contributed by atoms with Crippen LogP contribution < -0.4 is 9.62 Å². The molecule has 264 valence electrons. The first-order valence-electron chi connectivity index (χ1n) is 16.2. The van der Waals surface area contributed by atoms with Crippen molar-refractivity contribution in [3.05, 3.63) is 130 Å². The molecule has 0 aliphatic heterocycles. The number of nitrogens with one attached hydrogen (secondary N) is 1. The van der Waals surface area contributed by atoms with E-state index in [4.69, 9.17) is 23.2 Å². The van der Waals surface area contributed by atoms with Crippen LogP contribution in [0.4, 0.5) is 18.9 Å². The van der Waals surface area contributed by atoms with E-state index in [9.17, 15) is 31.2 Å². The summed E-state index contributed by atoms with van der Waals surface area (Å²) in [5, 5.41) is 3.10. The number of anilines is 1. The maximum absolute atomic E-state index is 14.7. The summed E-state index contributed by atoms with van der Waals surface area (Å²) in [5.74, 6) is -1.28. The van der Waals surface area contributed by atoms with Gasteiger partial charge < -0.3 is 10.2 Å². The SMILES string of the molecule is O=C(NC1CCCCC1)[C@@H](Cc1ccccc1)N(Cc1ccccc1Cl)C(=O)CN(c1cc(C(F)(F)F)ccc1Cl)S(=O)(=O)c1ccccc1. The number of rotatable bonds is 12. The van der Waals surface area contributed by atoms with Crippen molar-refractivity contribution >= 4 is 50.7 Å². The summed E-state index contributed by atoms with van der Waals surface area (Å²) >= 11 is 12.9. The predicted molar refractivity (Wildman–Crippen MR) is 188 cm³/mol. The molecule has 2 amide bonds. The van der Waals surface area contributed by atoms with E-state index in [-0.39, 0.29) is 28.9 Å². The molecule has 0 spiro atoms. The van der Waals surface area contributed by atoms with Crippen LogP contribution in [0.1, 0.15) is 48.8 Å². The lowest BCUT2D eigenvalue weighted by atomic mass is 9.94. The van der Waals surface area contributed by atoms with Crippen molar-refractivity contribution in [1.29, 1.82) is 0 Å². The topological polar surface area (TPSA) is 86.8 Å². The predicted octanol–water partition coefficient (Wildman–Crippen LogP) is 8.30. The Kier molecular flexibility index (Phi) is 12.1. The van der Waals surface area contributed by atoms with Gasteiger partial charge in [-0.2, -0.15) is 13.2 Å². The smallest absolute Gasteiger partial charge is 0.352 e. The number of alkyl halides is 3. The molecule has 0 saturated heterocycles. The maximum Gasteiger partial charge on any atom is 0.416 e. The van der Waals surface area contributed by atoms with Crippen LogP contribution in [0.15, 0.2) is 108 Å². The Balaban J connectivity index is 1.62. The van der Waals surface area contributed by atoms with Gasteiger partial charge in [-0.1, -0.05) is 109 Å². The zero-order chi connectivity index (χ0) is 35.9. The molecule has 0 bridgehead atoms. The van der Waals surface area contributed by atoms with Crippen LogP contribution >= 0.6 is 23.2 Å². The summed E-state index contributed by atoms with van der Waals surface area (Å²) in [4.78, 5) is 29.9. The lowest BCUT2D eigenvalue weighted by Crippen LogP contribution is -2.55. The second-order valence-corrected chi connectivity index (χ2v) is 14.8. The van der Waals surface area contributed by atoms with Gasteiger partial charge in [-0.05, 0) is 60.4 Å². The van der Waals surface area contributed by atoms with Crippen LogP contribution in [0.3, 0.4) is 0 Å². The summed E-state index contributed by atoms with van der Waals surface area (Å²) in [6, 6.07) is 23.8. The molecule has 0 heterocycles. The van der Waals surface area contributed by atoms with Gasteiger partial charge in [0.1, 0.15) is 12.6 Å². The lowest BCUT2D eigenvalue weighted by molar-refractivity contribution is -0.140. The van der Waals surface area contributed by atoms with Crippen molar-refractivity contribution in [2.75, 3.05) is 10.8 Å². The molecule has 1 aliphatic carbocycles. The molecule has 1 atom stereocenters. The van der Waals surface area contributed by atoms with Gasteiger partial charge in [-0.25, -0.2) is 8.42 Å². The van der Waals surface area contributed by atoms with Crippen molar-refractivity contribution < 1.29 is 31.2 Å². The number of halogens is 5. The average Bonchev–Trinajstić information content (AvgIpc) is 3.10. The number of nitrogens with zero attached hydrogens (tertiary/aromatic N) is 2. The Morgan fingerprint density at radius 1 is 0.820 bits per heavy atom.